The van der Waals surface area contributed by atoms with E-state index in [0.717, 1.165) is 24.2 Å². The molecule has 1 aliphatic heterocycles. The predicted octanol–water partition coefficient (Wildman–Crippen LogP) is 1.88. The van der Waals surface area contributed by atoms with Gasteiger partial charge in [0, 0.05) is 31.4 Å². The molecule has 0 N–H and O–H groups in total. The first-order valence-corrected chi connectivity index (χ1v) is 7.17. The number of hydrogen-bond acceptors (Lipinski definition) is 5. The largest absolute Gasteiger partial charge is 0.336 e. The summed E-state index contributed by atoms with van der Waals surface area (Å²) in [7, 11) is 1.91. The van der Waals surface area contributed by atoms with E-state index in [1.54, 1.807) is 6.92 Å². The molecule has 7 heteroatoms. The van der Waals surface area contributed by atoms with Crippen LogP contribution in [0, 0.1) is 13.8 Å². The van der Waals surface area contributed by atoms with Gasteiger partial charge in [0.15, 0.2) is 5.82 Å². The summed E-state index contributed by atoms with van der Waals surface area (Å²) in [6.45, 7) is 5.57. The molecule has 2 aromatic heterocycles. The van der Waals surface area contributed by atoms with Gasteiger partial charge in [-0.1, -0.05) is 5.16 Å². The number of nitrogens with zero attached hydrogens (tertiary/aromatic N) is 5. The highest BCUT2D eigenvalue weighted by atomic mass is 19.1. The van der Waals surface area contributed by atoms with E-state index in [4.69, 9.17) is 4.52 Å². The quantitative estimate of drug-likeness (QED) is 0.864. The van der Waals surface area contributed by atoms with Crippen LogP contribution in [-0.2, 0) is 19.3 Å². The van der Waals surface area contributed by atoms with Crippen LogP contribution in [0.4, 0.5) is 4.39 Å². The zero-order valence-corrected chi connectivity index (χ0v) is 12.6. The van der Waals surface area contributed by atoms with Crippen LogP contribution < -0.4 is 0 Å². The van der Waals surface area contributed by atoms with Crippen molar-refractivity contribution in [3.63, 3.8) is 0 Å². The molecule has 2 aromatic rings. The normalized spacial score (nSPS) is 23.6. The second kappa shape index (κ2) is 5.22. The van der Waals surface area contributed by atoms with E-state index in [2.05, 4.69) is 20.1 Å². The van der Waals surface area contributed by atoms with Gasteiger partial charge in [-0.05, 0) is 33.2 Å². The standard InChI is InChI=1S/C14H20FN5O/c1-10-12(7-16-19(10)3)8-20-6-4-5-14(15,9-20)13-17-11(2)18-21-13/h7H,4-6,8-9H2,1-3H3. The lowest BCUT2D eigenvalue weighted by Gasteiger charge is -2.34. The fraction of sp³-hybridized carbons (Fsp3) is 0.643. The summed E-state index contributed by atoms with van der Waals surface area (Å²) in [5, 5.41) is 7.94. The predicted molar refractivity (Wildman–Crippen MR) is 74.3 cm³/mol. The minimum Gasteiger partial charge on any atom is -0.336 e. The van der Waals surface area contributed by atoms with Crippen molar-refractivity contribution in [2.75, 3.05) is 13.1 Å². The van der Waals surface area contributed by atoms with Crippen LogP contribution in [0.25, 0.3) is 0 Å². The number of aryl methyl sites for hydroxylation is 2. The third-order valence-corrected chi connectivity index (χ3v) is 4.16. The van der Waals surface area contributed by atoms with Crippen molar-refractivity contribution >= 4 is 0 Å². The number of hydrogen-bond donors (Lipinski definition) is 0. The average Bonchev–Trinajstić information content (AvgIpc) is 3.01. The smallest absolute Gasteiger partial charge is 0.265 e. The van der Waals surface area contributed by atoms with Crippen LogP contribution in [0.3, 0.4) is 0 Å². The number of rotatable bonds is 3. The van der Waals surface area contributed by atoms with Gasteiger partial charge in [0.2, 0.25) is 5.67 Å². The fourth-order valence-corrected chi connectivity index (χ4v) is 2.82. The summed E-state index contributed by atoms with van der Waals surface area (Å²) in [5.41, 5.74) is 0.692. The molecule has 114 valence electrons. The molecule has 21 heavy (non-hydrogen) atoms. The number of piperidine rings is 1. The molecule has 3 heterocycles. The van der Waals surface area contributed by atoms with Crippen molar-refractivity contribution in [3.8, 4) is 0 Å². The van der Waals surface area contributed by atoms with Crippen molar-refractivity contribution in [2.24, 2.45) is 7.05 Å². The Morgan fingerprint density at radius 2 is 2.24 bits per heavy atom. The first kappa shape index (κ1) is 14.2. The first-order chi connectivity index (χ1) is 9.98. The van der Waals surface area contributed by atoms with Gasteiger partial charge in [-0.15, -0.1) is 0 Å². The molecule has 3 rings (SSSR count). The van der Waals surface area contributed by atoms with Crippen LogP contribution in [0.5, 0.6) is 0 Å². The highest BCUT2D eigenvalue weighted by Gasteiger charge is 2.42. The zero-order valence-electron chi connectivity index (χ0n) is 12.6. The average molecular weight is 293 g/mol. The molecule has 1 unspecified atom stereocenters. The second-order valence-electron chi connectivity index (χ2n) is 5.81. The van der Waals surface area contributed by atoms with E-state index in [-0.39, 0.29) is 12.4 Å². The Morgan fingerprint density at radius 1 is 1.43 bits per heavy atom. The summed E-state index contributed by atoms with van der Waals surface area (Å²) in [5.74, 6) is 0.579. The van der Waals surface area contributed by atoms with E-state index in [0.29, 0.717) is 18.8 Å². The van der Waals surface area contributed by atoms with Crippen LogP contribution in [0.2, 0.25) is 0 Å². The fourth-order valence-electron chi connectivity index (χ4n) is 2.82. The van der Waals surface area contributed by atoms with Crippen LogP contribution in [0.1, 0.15) is 35.8 Å². The number of halogens is 1. The van der Waals surface area contributed by atoms with Gasteiger partial charge >= 0.3 is 0 Å². The Kier molecular flexibility index (Phi) is 3.52. The molecule has 0 spiro atoms. The second-order valence-corrected chi connectivity index (χ2v) is 5.81. The van der Waals surface area contributed by atoms with Gasteiger partial charge < -0.3 is 4.52 Å². The minimum atomic E-state index is -1.55. The molecule has 1 aliphatic rings. The lowest BCUT2D eigenvalue weighted by Crippen LogP contribution is -2.43. The zero-order chi connectivity index (χ0) is 15.0. The van der Waals surface area contributed by atoms with Crippen molar-refractivity contribution in [2.45, 2.75) is 38.9 Å². The lowest BCUT2D eigenvalue weighted by atomic mass is 9.94. The molecular formula is C14H20FN5O. The highest BCUT2D eigenvalue weighted by molar-refractivity contribution is 5.16. The van der Waals surface area contributed by atoms with E-state index < -0.39 is 5.67 Å². The molecule has 0 aromatic carbocycles. The minimum absolute atomic E-state index is 0.104. The van der Waals surface area contributed by atoms with E-state index in [1.807, 2.05) is 24.9 Å². The van der Waals surface area contributed by atoms with E-state index in [1.165, 1.54) is 0 Å². The Hall–Kier alpha value is -1.76. The number of alkyl halides is 1. The molecule has 0 bridgehead atoms. The molecule has 6 nitrogen and oxygen atoms in total. The first-order valence-electron chi connectivity index (χ1n) is 7.17. The van der Waals surface area contributed by atoms with Crippen molar-refractivity contribution < 1.29 is 8.91 Å². The third-order valence-electron chi connectivity index (χ3n) is 4.16. The molecule has 0 saturated carbocycles. The maximum atomic E-state index is 15.1. The number of aromatic nitrogens is 4. The Labute approximate surface area is 122 Å². The molecule has 0 amide bonds. The summed E-state index contributed by atoms with van der Waals surface area (Å²) in [4.78, 5) is 6.16. The van der Waals surface area contributed by atoms with Crippen molar-refractivity contribution in [1.29, 1.82) is 0 Å². The molecule has 0 aliphatic carbocycles. The molecular weight excluding hydrogens is 273 g/mol. The van der Waals surface area contributed by atoms with Gasteiger partial charge in [0.05, 0.1) is 6.20 Å². The van der Waals surface area contributed by atoms with Crippen molar-refractivity contribution in [3.05, 3.63) is 29.2 Å². The van der Waals surface area contributed by atoms with E-state index >= 15 is 4.39 Å². The molecule has 1 fully saturated rings. The molecule has 1 saturated heterocycles. The Bertz CT molecular complexity index is 637. The summed E-state index contributed by atoms with van der Waals surface area (Å²) >= 11 is 0. The molecule has 1 atom stereocenters. The van der Waals surface area contributed by atoms with Crippen LogP contribution in [-0.4, -0.2) is 37.9 Å². The van der Waals surface area contributed by atoms with E-state index in [9.17, 15) is 0 Å². The van der Waals surface area contributed by atoms with Crippen LogP contribution >= 0.6 is 0 Å². The van der Waals surface area contributed by atoms with Gasteiger partial charge in [0.25, 0.3) is 5.89 Å². The summed E-state index contributed by atoms with van der Waals surface area (Å²) < 4.78 is 22.0. The Balaban J connectivity index is 1.75. The van der Waals surface area contributed by atoms with Crippen LogP contribution in [0.15, 0.2) is 10.7 Å². The molecule has 0 radical (unpaired) electrons. The van der Waals surface area contributed by atoms with Gasteiger partial charge in [-0.2, -0.15) is 10.1 Å². The Morgan fingerprint density at radius 3 is 2.86 bits per heavy atom. The lowest BCUT2D eigenvalue weighted by molar-refractivity contribution is 0.0123. The SMILES string of the molecule is Cc1noc(C2(F)CCCN(Cc3cnn(C)c3C)C2)n1. The maximum Gasteiger partial charge on any atom is 0.265 e. The summed E-state index contributed by atoms with van der Waals surface area (Å²) in [6, 6.07) is 0. The highest BCUT2D eigenvalue weighted by Crippen LogP contribution is 2.35. The van der Waals surface area contributed by atoms with Gasteiger partial charge in [-0.25, -0.2) is 4.39 Å². The third kappa shape index (κ3) is 2.70. The monoisotopic (exact) mass is 293 g/mol. The summed E-state index contributed by atoms with van der Waals surface area (Å²) in [6.07, 6.45) is 3.05. The maximum absolute atomic E-state index is 15.1. The topological polar surface area (TPSA) is 60.0 Å². The van der Waals surface area contributed by atoms with Gasteiger partial charge in [0.1, 0.15) is 0 Å². The number of likely N-dealkylation sites (tertiary alicyclic amines) is 1. The van der Waals surface area contributed by atoms with Crippen molar-refractivity contribution in [1.82, 2.24) is 24.8 Å². The van der Waals surface area contributed by atoms with Gasteiger partial charge in [-0.3, -0.25) is 9.58 Å².